The van der Waals surface area contributed by atoms with Crippen LogP contribution < -0.4 is 15.4 Å². The fraction of sp³-hybridized carbons (Fsp3) is 0.545. The smallest absolute Gasteiger partial charge is 0.191 e. The van der Waals surface area contributed by atoms with Gasteiger partial charge in [0, 0.05) is 31.6 Å². The number of likely N-dealkylation sites (N-methyl/N-ethyl adjacent to an activating group) is 1. The minimum Gasteiger partial charge on any atom is -0.492 e. The second kappa shape index (κ2) is 15.4. The molecule has 2 N–H and O–H groups in total. The average molecular weight is 562 g/mol. The molecule has 0 atom stereocenters. The van der Waals surface area contributed by atoms with Crippen LogP contribution in [0.15, 0.2) is 29.3 Å². The number of aryl methyl sites for hydroxylation is 2. The van der Waals surface area contributed by atoms with Crippen molar-refractivity contribution in [3.8, 4) is 5.75 Å². The van der Waals surface area contributed by atoms with Gasteiger partial charge in [0.25, 0.3) is 0 Å². The van der Waals surface area contributed by atoms with Crippen molar-refractivity contribution >= 4 is 41.3 Å². The second-order valence-electron chi connectivity index (χ2n) is 7.09. The molecule has 2 aromatic rings. The van der Waals surface area contributed by atoms with Crippen LogP contribution >= 0.6 is 35.3 Å². The zero-order chi connectivity index (χ0) is 21.8. The molecule has 0 saturated heterocycles. The second-order valence-corrected chi connectivity index (χ2v) is 8.38. The van der Waals surface area contributed by atoms with Gasteiger partial charge in [-0.1, -0.05) is 12.1 Å². The maximum Gasteiger partial charge on any atom is 0.191 e. The molecule has 0 aliphatic carbocycles. The molecule has 31 heavy (non-hydrogen) atoms. The van der Waals surface area contributed by atoms with Crippen LogP contribution in [0.5, 0.6) is 5.75 Å². The van der Waals surface area contributed by atoms with Gasteiger partial charge in [-0.15, -0.1) is 35.3 Å². The van der Waals surface area contributed by atoms with Gasteiger partial charge in [-0.05, 0) is 45.5 Å². The van der Waals surface area contributed by atoms with Crippen molar-refractivity contribution in [2.24, 2.45) is 4.99 Å². The summed E-state index contributed by atoms with van der Waals surface area (Å²) in [5, 5.41) is 7.73. The van der Waals surface area contributed by atoms with Crippen molar-refractivity contribution in [3.63, 3.8) is 0 Å². The summed E-state index contributed by atoms with van der Waals surface area (Å²) >= 11 is 1.72. The van der Waals surface area contributed by atoms with Gasteiger partial charge < -0.3 is 25.0 Å². The van der Waals surface area contributed by atoms with Crippen molar-refractivity contribution < 1.29 is 9.47 Å². The van der Waals surface area contributed by atoms with Crippen molar-refractivity contribution in [3.05, 3.63) is 45.4 Å². The van der Waals surface area contributed by atoms with Gasteiger partial charge in [-0.3, -0.25) is 0 Å². The predicted molar refractivity (Wildman–Crippen MR) is 140 cm³/mol. The minimum absolute atomic E-state index is 0. The summed E-state index contributed by atoms with van der Waals surface area (Å²) in [5.41, 5.74) is 2.21. The lowest BCUT2D eigenvalue weighted by atomic mass is 10.2. The fourth-order valence-electron chi connectivity index (χ4n) is 2.70. The molecule has 9 heteroatoms. The van der Waals surface area contributed by atoms with Crippen LogP contribution in [0.3, 0.4) is 0 Å². The number of ether oxygens (including phenoxy) is 2. The van der Waals surface area contributed by atoms with Gasteiger partial charge in [0.05, 0.1) is 25.4 Å². The summed E-state index contributed by atoms with van der Waals surface area (Å²) in [6, 6.07) is 8.11. The van der Waals surface area contributed by atoms with E-state index >= 15 is 0 Å². The Kier molecular flexibility index (Phi) is 13.7. The first-order valence-electron chi connectivity index (χ1n) is 10.4. The average Bonchev–Trinajstić information content (AvgIpc) is 3.06. The molecule has 0 aliphatic rings. The molecule has 0 unspecified atom stereocenters. The molecular formula is C22H36IN5O2S. The Morgan fingerprint density at radius 2 is 1.97 bits per heavy atom. The highest BCUT2D eigenvalue weighted by molar-refractivity contribution is 14.0. The number of thiazole rings is 1. The van der Waals surface area contributed by atoms with Gasteiger partial charge in [0.2, 0.25) is 0 Å². The summed E-state index contributed by atoms with van der Waals surface area (Å²) in [6.07, 6.45) is 0. The van der Waals surface area contributed by atoms with Crippen LogP contribution in [0, 0.1) is 13.8 Å². The van der Waals surface area contributed by atoms with Gasteiger partial charge in [-0.2, -0.15) is 0 Å². The third kappa shape index (κ3) is 10.6. The van der Waals surface area contributed by atoms with Crippen LogP contribution in [0.1, 0.15) is 28.1 Å². The first-order valence-corrected chi connectivity index (χ1v) is 11.2. The first kappa shape index (κ1) is 27.6. The van der Waals surface area contributed by atoms with E-state index < -0.39 is 0 Å². The Labute approximate surface area is 207 Å². The maximum absolute atomic E-state index is 5.90. The van der Waals surface area contributed by atoms with E-state index in [2.05, 4.69) is 53.5 Å². The van der Waals surface area contributed by atoms with E-state index in [1.165, 1.54) is 4.88 Å². The van der Waals surface area contributed by atoms with Crippen LogP contribution in [0.25, 0.3) is 0 Å². The van der Waals surface area contributed by atoms with Crippen LogP contribution in [-0.4, -0.2) is 62.8 Å². The molecule has 1 heterocycles. The molecule has 174 valence electrons. The van der Waals surface area contributed by atoms with E-state index in [1.807, 2.05) is 19.1 Å². The Morgan fingerprint density at radius 3 is 2.65 bits per heavy atom. The van der Waals surface area contributed by atoms with Gasteiger partial charge in [0.1, 0.15) is 17.4 Å². The number of aromatic nitrogens is 1. The lowest BCUT2D eigenvalue weighted by molar-refractivity contribution is 0.150. The minimum atomic E-state index is 0. The van der Waals surface area contributed by atoms with Crippen molar-refractivity contribution in [1.29, 1.82) is 0 Å². The number of halogens is 1. The van der Waals surface area contributed by atoms with E-state index in [0.29, 0.717) is 19.7 Å². The number of benzene rings is 1. The van der Waals surface area contributed by atoms with Gasteiger partial charge in [-0.25, -0.2) is 9.98 Å². The van der Waals surface area contributed by atoms with E-state index in [0.717, 1.165) is 54.2 Å². The van der Waals surface area contributed by atoms with E-state index in [1.54, 1.807) is 18.4 Å². The quantitative estimate of drug-likeness (QED) is 0.235. The molecule has 0 aliphatic heterocycles. The molecule has 0 saturated carbocycles. The number of guanidine groups is 1. The summed E-state index contributed by atoms with van der Waals surface area (Å²) in [4.78, 5) is 12.7. The topological polar surface area (TPSA) is 71.0 Å². The van der Waals surface area contributed by atoms with E-state index in [9.17, 15) is 0 Å². The number of hydrogen-bond donors (Lipinski definition) is 2. The molecule has 2 rings (SSSR count). The molecule has 1 aromatic carbocycles. The van der Waals surface area contributed by atoms with Crippen molar-refractivity contribution in [2.75, 3.05) is 47.0 Å². The Bertz CT molecular complexity index is 780. The maximum atomic E-state index is 5.90. The number of nitrogens with zero attached hydrogens (tertiary/aromatic N) is 3. The Morgan fingerprint density at radius 1 is 1.19 bits per heavy atom. The van der Waals surface area contributed by atoms with Crippen LogP contribution in [-0.2, 0) is 17.8 Å². The molecule has 0 radical (unpaired) electrons. The molecule has 0 fully saturated rings. The lowest BCUT2D eigenvalue weighted by Crippen LogP contribution is -2.36. The monoisotopic (exact) mass is 561 g/mol. The van der Waals surface area contributed by atoms with Crippen molar-refractivity contribution in [1.82, 2.24) is 20.5 Å². The zero-order valence-corrected chi connectivity index (χ0v) is 22.4. The van der Waals surface area contributed by atoms with Crippen LogP contribution in [0.4, 0.5) is 0 Å². The molecule has 1 aromatic heterocycles. The molecule has 0 bridgehead atoms. The molecular weight excluding hydrogens is 525 g/mol. The number of nitrogens with one attached hydrogen (secondary N) is 2. The van der Waals surface area contributed by atoms with Gasteiger partial charge in [0.15, 0.2) is 5.96 Å². The Hall–Kier alpha value is -1.43. The number of methoxy groups -OCH3 is 1. The SMILES string of the molecule is CCNC(=NCc1cccc(OCCN(C)CCOC)c1)NCc1nc(C)c(C)s1.I. The molecule has 0 amide bonds. The molecule has 0 spiro atoms. The highest BCUT2D eigenvalue weighted by Gasteiger charge is 2.05. The largest absolute Gasteiger partial charge is 0.492 e. The highest BCUT2D eigenvalue weighted by atomic mass is 127. The number of aliphatic imine (C=N–C) groups is 1. The summed E-state index contributed by atoms with van der Waals surface area (Å²) in [6.45, 7) is 11.4. The lowest BCUT2D eigenvalue weighted by Gasteiger charge is -2.16. The van der Waals surface area contributed by atoms with Crippen LogP contribution in [0.2, 0.25) is 0 Å². The normalized spacial score (nSPS) is 11.4. The number of hydrogen-bond acceptors (Lipinski definition) is 6. The highest BCUT2D eigenvalue weighted by Crippen LogP contribution is 2.16. The third-order valence-electron chi connectivity index (χ3n) is 4.56. The Balaban J connectivity index is 0.00000480. The fourth-order valence-corrected chi connectivity index (χ4v) is 3.57. The number of rotatable bonds is 12. The third-order valence-corrected chi connectivity index (χ3v) is 5.63. The van der Waals surface area contributed by atoms with E-state index in [-0.39, 0.29) is 24.0 Å². The summed E-state index contributed by atoms with van der Waals surface area (Å²) in [5.74, 6) is 1.66. The molecule has 7 nitrogen and oxygen atoms in total. The van der Waals surface area contributed by atoms with Gasteiger partial charge >= 0.3 is 0 Å². The summed E-state index contributed by atoms with van der Waals surface area (Å²) < 4.78 is 11.0. The standard InChI is InChI=1S/C22H35N5O2S.HI/c1-6-23-22(25-16-21-26-17(2)18(3)30-21)24-15-19-8-7-9-20(14-19)29-13-11-27(4)10-12-28-5;/h7-9,14H,6,10-13,15-16H2,1-5H3,(H2,23,24,25);1H. The summed E-state index contributed by atoms with van der Waals surface area (Å²) in [7, 11) is 3.79. The first-order chi connectivity index (χ1) is 14.5. The van der Waals surface area contributed by atoms with Crippen molar-refractivity contribution in [2.45, 2.75) is 33.9 Å². The van der Waals surface area contributed by atoms with E-state index in [4.69, 9.17) is 14.5 Å². The zero-order valence-electron chi connectivity index (χ0n) is 19.2. The predicted octanol–water partition coefficient (Wildman–Crippen LogP) is 3.59.